The number of benzene rings is 2. The molecule has 1 N–H and O–H groups in total. The summed E-state index contributed by atoms with van der Waals surface area (Å²) < 4.78 is 17.7. The number of nitrogens with one attached hydrogen (secondary N) is 1. The topological polar surface area (TPSA) is 115 Å². The summed E-state index contributed by atoms with van der Waals surface area (Å²) in [6.45, 7) is 1.93. The lowest BCUT2D eigenvalue weighted by Crippen LogP contribution is -2.43. The minimum atomic E-state index is -0.650. The van der Waals surface area contributed by atoms with Gasteiger partial charge in [-0.15, -0.1) is 4.68 Å². The van der Waals surface area contributed by atoms with Gasteiger partial charge in [0, 0.05) is 13.1 Å². The molecule has 10 nitrogen and oxygen atoms in total. The van der Waals surface area contributed by atoms with Crippen LogP contribution < -0.4 is 20.7 Å². The highest BCUT2D eigenvalue weighted by molar-refractivity contribution is 9.10. The molecule has 1 aromatic heterocycles. The summed E-state index contributed by atoms with van der Waals surface area (Å²) in [5.41, 5.74) is -0.192. The van der Waals surface area contributed by atoms with Gasteiger partial charge in [-0.1, -0.05) is 12.1 Å². The number of para-hydroxylation sites is 1. The number of methoxy groups -OCH3 is 1. The number of carbonyl (C=O) groups is 1. The number of halogens is 1. The Labute approximate surface area is 196 Å². The van der Waals surface area contributed by atoms with Crippen molar-refractivity contribution in [1.82, 2.24) is 14.6 Å². The molecule has 4 rings (SSSR count). The van der Waals surface area contributed by atoms with Crippen molar-refractivity contribution in [2.24, 2.45) is 5.10 Å². The molecule has 0 saturated carbocycles. The van der Waals surface area contributed by atoms with Gasteiger partial charge in [-0.25, -0.2) is 4.79 Å². The van der Waals surface area contributed by atoms with E-state index < -0.39 is 11.2 Å². The maximum atomic E-state index is 12.6. The second kappa shape index (κ2) is 10.0. The Hall–Kier alpha value is -3.44. The molecule has 0 spiro atoms. The van der Waals surface area contributed by atoms with E-state index in [0.717, 1.165) is 4.68 Å². The minimum Gasteiger partial charge on any atom is -0.493 e. The summed E-state index contributed by atoms with van der Waals surface area (Å²) >= 11 is 3.42. The third-order valence-corrected chi connectivity index (χ3v) is 5.65. The van der Waals surface area contributed by atoms with Gasteiger partial charge in [-0.2, -0.15) is 5.10 Å². The molecule has 0 aliphatic carbocycles. The summed E-state index contributed by atoms with van der Waals surface area (Å²) in [6, 6.07) is 10.0. The zero-order chi connectivity index (χ0) is 23.4. The number of aromatic nitrogens is 2. The van der Waals surface area contributed by atoms with E-state index in [9.17, 15) is 14.4 Å². The molecule has 0 radical (unpaired) electrons. The van der Waals surface area contributed by atoms with Crippen molar-refractivity contribution in [3.63, 3.8) is 0 Å². The van der Waals surface area contributed by atoms with Crippen molar-refractivity contribution in [2.75, 3.05) is 40.0 Å². The van der Waals surface area contributed by atoms with Gasteiger partial charge in [0.2, 0.25) is 0 Å². The van der Waals surface area contributed by atoms with Crippen molar-refractivity contribution in [3.05, 3.63) is 67.3 Å². The van der Waals surface area contributed by atoms with E-state index in [2.05, 4.69) is 26.0 Å². The first-order chi connectivity index (χ1) is 16.0. The van der Waals surface area contributed by atoms with Gasteiger partial charge in [0.15, 0.2) is 18.1 Å². The first-order valence-electron chi connectivity index (χ1n) is 10.1. The second-order valence-corrected chi connectivity index (χ2v) is 8.01. The molecular weight excluding hydrogens is 496 g/mol. The maximum Gasteiger partial charge on any atom is 0.349 e. The minimum absolute atomic E-state index is 0.146. The lowest BCUT2D eigenvalue weighted by molar-refractivity contribution is -0.137. The molecule has 0 atom stereocenters. The van der Waals surface area contributed by atoms with E-state index in [0.29, 0.717) is 58.7 Å². The number of rotatable bonds is 6. The molecule has 0 unspecified atom stereocenters. The molecule has 1 aliphatic heterocycles. The fourth-order valence-electron chi connectivity index (χ4n) is 3.37. The molecule has 1 saturated heterocycles. The third-order valence-electron chi connectivity index (χ3n) is 5.06. The van der Waals surface area contributed by atoms with Gasteiger partial charge < -0.3 is 24.1 Å². The fourth-order valence-corrected chi connectivity index (χ4v) is 3.95. The highest BCUT2D eigenvalue weighted by Crippen LogP contribution is 2.36. The van der Waals surface area contributed by atoms with E-state index in [1.54, 1.807) is 41.3 Å². The molecular formula is C22H21BrN4O6. The second-order valence-electron chi connectivity index (χ2n) is 7.15. The van der Waals surface area contributed by atoms with Crippen molar-refractivity contribution >= 4 is 39.0 Å². The average Bonchev–Trinajstić information content (AvgIpc) is 2.83. The Morgan fingerprint density at radius 2 is 2.00 bits per heavy atom. The van der Waals surface area contributed by atoms with Crippen LogP contribution in [-0.2, 0) is 9.53 Å². The van der Waals surface area contributed by atoms with Crippen molar-refractivity contribution in [3.8, 4) is 11.5 Å². The molecule has 172 valence electrons. The number of nitrogens with zero attached hydrogens (tertiary/aromatic N) is 3. The standard InChI is InChI=1S/C22H21BrN4O6/c1-31-18-11-14(10-16(23)20(18)33-13-19(28)26-6-8-32-9-7-26)12-24-27-21(29)15-4-2-3-5-17(15)25-22(27)30/h2-5,10-12H,6-9,13H2,1H3,(H,25,30). The molecule has 0 bridgehead atoms. The summed E-state index contributed by atoms with van der Waals surface area (Å²) in [7, 11) is 1.47. The summed E-state index contributed by atoms with van der Waals surface area (Å²) in [5.74, 6) is 0.574. The normalized spacial score (nSPS) is 14.1. The van der Waals surface area contributed by atoms with Gasteiger partial charge in [-0.05, 0) is 45.8 Å². The Bertz CT molecular complexity index is 1330. The van der Waals surface area contributed by atoms with Crippen LogP contribution in [0.3, 0.4) is 0 Å². The van der Waals surface area contributed by atoms with Gasteiger partial charge in [0.1, 0.15) is 0 Å². The largest absolute Gasteiger partial charge is 0.493 e. The zero-order valence-electron chi connectivity index (χ0n) is 17.7. The number of hydrogen-bond acceptors (Lipinski definition) is 7. The maximum absolute atomic E-state index is 12.6. The smallest absolute Gasteiger partial charge is 0.349 e. The molecule has 3 aromatic rings. The van der Waals surface area contributed by atoms with Gasteiger partial charge >= 0.3 is 5.69 Å². The van der Waals surface area contributed by atoms with E-state index in [4.69, 9.17) is 14.2 Å². The van der Waals surface area contributed by atoms with Crippen LogP contribution in [0.15, 0.2) is 55.6 Å². The summed E-state index contributed by atoms with van der Waals surface area (Å²) in [4.78, 5) is 41.6. The number of morpholine rings is 1. The van der Waals surface area contributed by atoms with Crippen molar-refractivity contribution in [2.45, 2.75) is 0 Å². The Morgan fingerprint density at radius 3 is 2.76 bits per heavy atom. The number of amides is 1. The highest BCUT2D eigenvalue weighted by atomic mass is 79.9. The van der Waals surface area contributed by atoms with Gasteiger partial charge in [-0.3, -0.25) is 9.59 Å². The van der Waals surface area contributed by atoms with Gasteiger partial charge in [0.25, 0.3) is 11.5 Å². The molecule has 2 aromatic carbocycles. The molecule has 1 amide bonds. The lowest BCUT2D eigenvalue weighted by Gasteiger charge is -2.26. The summed E-state index contributed by atoms with van der Waals surface area (Å²) in [6.07, 6.45) is 1.36. The van der Waals surface area contributed by atoms with Crippen LogP contribution in [0, 0.1) is 0 Å². The molecule has 33 heavy (non-hydrogen) atoms. The quantitative estimate of drug-likeness (QED) is 0.497. The number of carbonyl (C=O) groups excluding carboxylic acids is 1. The molecule has 2 heterocycles. The van der Waals surface area contributed by atoms with Crippen molar-refractivity contribution < 1.29 is 19.0 Å². The fraction of sp³-hybridized carbons (Fsp3) is 0.273. The van der Waals surface area contributed by atoms with E-state index >= 15 is 0 Å². The number of fused-ring (bicyclic) bond motifs is 1. The highest BCUT2D eigenvalue weighted by Gasteiger charge is 2.19. The van der Waals surface area contributed by atoms with Crippen LogP contribution in [-0.4, -0.2) is 66.7 Å². The number of hydrogen-bond donors (Lipinski definition) is 1. The number of H-pyrrole nitrogens is 1. The third kappa shape index (κ3) is 4.99. The van der Waals surface area contributed by atoms with Crippen LogP contribution in [0.5, 0.6) is 11.5 Å². The molecule has 1 fully saturated rings. The van der Waals surface area contributed by atoms with Gasteiger partial charge in [0.05, 0.1) is 41.9 Å². The molecule has 1 aliphatic rings. The Kier molecular flexibility index (Phi) is 6.90. The first-order valence-corrected chi connectivity index (χ1v) is 10.9. The van der Waals surface area contributed by atoms with Crippen LogP contribution in [0.1, 0.15) is 5.56 Å². The number of ether oxygens (including phenoxy) is 3. The van der Waals surface area contributed by atoms with Crippen LogP contribution >= 0.6 is 15.9 Å². The monoisotopic (exact) mass is 516 g/mol. The van der Waals surface area contributed by atoms with E-state index in [1.165, 1.54) is 13.3 Å². The zero-order valence-corrected chi connectivity index (χ0v) is 19.3. The summed E-state index contributed by atoms with van der Waals surface area (Å²) in [5, 5.41) is 4.40. The first kappa shape index (κ1) is 22.7. The molecule has 11 heteroatoms. The van der Waals surface area contributed by atoms with E-state index in [1.807, 2.05) is 0 Å². The Balaban J connectivity index is 1.56. The van der Waals surface area contributed by atoms with Crippen LogP contribution in [0.25, 0.3) is 10.9 Å². The predicted octanol–water partition coefficient (Wildman–Crippen LogP) is 1.58. The van der Waals surface area contributed by atoms with Crippen molar-refractivity contribution in [1.29, 1.82) is 0 Å². The number of aromatic amines is 1. The van der Waals surface area contributed by atoms with Crippen LogP contribution in [0.4, 0.5) is 0 Å². The average molecular weight is 517 g/mol. The van der Waals surface area contributed by atoms with E-state index in [-0.39, 0.29) is 12.5 Å². The van der Waals surface area contributed by atoms with Crippen LogP contribution in [0.2, 0.25) is 0 Å². The predicted molar refractivity (Wildman–Crippen MR) is 125 cm³/mol. The Morgan fingerprint density at radius 1 is 1.24 bits per heavy atom. The lowest BCUT2D eigenvalue weighted by atomic mass is 10.2. The SMILES string of the molecule is COc1cc(C=Nn2c(=O)[nH]c3ccccc3c2=O)cc(Br)c1OCC(=O)N1CCOCC1.